The van der Waals surface area contributed by atoms with Gasteiger partial charge >= 0.3 is 5.97 Å². The van der Waals surface area contributed by atoms with Gasteiger partial charge in [0.1, 0.15) is 11.5 Å². The van der Waals surface area contributed by atoms with Gasteiger partial charge in [0, 0.05) is 12.0 Å². The first kappa shape index (κ1) is 22.8. The summed E-state index contributed by atoms with van der Waals surface area (Å²) in [4.78, 5) is 24.6. The van der Waals surface area contributed by atoms with Crippen LogP contribution in [0.2, 0.25) is 0 Å². The van der Waals surface area contributed by atoms with Crippen LogP contribution >= 0.6 is 0 Å². The van der Waals surface area contributed by atoms with Gasteiger partial charge < -0.3 is 9.84 Å². The second-order valence-corrected chi connectivity index (χ2v) is 8.10. The Morgan fingerprint density at radius 1 is 1.03 bits per heavy atom. The van der Waals surface area contributed by atoms with Crippen molar-refractivity contribution >= 4 is 11.8 Å². The van der Waals surface area contributed by atoms with Crippen LogP contribution in [0, 0.1) is 11.3 Å². The molecule has 1 atom stereocenters. The summed E-state index contributed by atoms with van der Waals surface area (Å²) < 4.78 is 5.28. The number of benzene rings is 2. The largest absolute Gasteiger partial charge is 0.507 e. The number of carbonyl (C=O) groups excluding carboxylic acids is 2. The van der Waals surface area contributed by atoms with Crippen LogP contribution in [0.25, 0.3) is 0 Å². The number of azo groups is 1. The zero-order valence-electron chi connectivity index (χ0n) is 17.5. The molecule has 2 aromatic carbocycles. The molecule has 2 aromatic rings. The molecule has 0 spiro atoms. The Bertz CT molecular complexity index is 985. The highest BCUT2D eigenvalue weighted by atomic mass is 16.5. The molecule has 0 amide bonds. The summed E-state index contributed by atoms with van der Waals surface area (Å²) in [5.41, 5.74) is -0.965. The number of nitrogens with zero attached hydrogens (tertiary/aromatic N) is 3. The van der Waals surface area contributed by atoms with Gasteiger partial charge in [0.15, 0.2) is 11.3 Å². The predicted molar refractivity (Wildman–Crippen MR) is 111 cm³/mol. The van der Waals surface area contributed by atoms with E-state index in [1.807, 2.05) is 20.8 Å². The van der Waals surface area contributed by atoms with Gasteiger partial charge in [0.2, 0.25) is 0 Å². The van der Waals surface area contributed by atoms with Crippen LogP contribution in [0.3, 0.4) is 0 Å². The van der Waals surface area contributed by atoms with Crippen molar-refractivity contribution in [2.45, 2.75) is 51.6 Å². The first-order valence-electron chi connectivity index (χ1n) is 9.52. The molecule has 7 nitrogen and oxygen atoms in total. The fourth-order valence-corrected chi connectivity index (χ4v) is 2.41. The molecule has 0 aromatic heterocycles. The molecule has 30 heavy (non-hydrogen) atoms. The molecule has 156 valence electrons. The first-order valence-corrected chi connectivity index (χ1v) is 9.52. The van der Waals surface area contributed by atoms with Crippen LogP contribution in [-0.4, -0.2) is 27.9 Å². The summed E-state index contributed by atoms with van der Waals surface area (Å²) in [5, 5.41) is 27.4. The molecular weight excluding hydrogens is 382 g/mol. The lowest BCUT2D eigenvalue weighted by Gasteiger charge is -2.17. The number of nitriles is 1. The van der Waals surface area contributed by atoms with Crippen molar-refractivity contribution in [3.63, 3.8) is 0 Å². The van der Waals surface area contributed by atoms with Gasteiger partial charge in [-0.3, -0.25) is 9.59 Å². The number of ether oxygens (including phenoxy) is 1. The van der Waals surface area contributed by atoms with Crippen LogP contribution in [-0.2, 0) is 4.79 Å². The summed E-state index contributed by atoms with van der Waals surface area (Å²) in [6, 6.07) is 14.4. The Kier molecular flexibility index (Phi) is 7.06. The average Bonchev–Trinajstić information content (AvgIpc) is 2.71. The minimum Gasteiger partial charge on any atom is -0.507 e. The number of hydrogen-bond acceptors (Lipinski definition) is 7. The molecule has 2 rings (SSSR count). The summed E-state index contributed by atoms with van der Waals surface area (Å²) in [6.45, 7) is 7.23. The van der Waals surface area contributed by atoms with E-state index in [4.69, 9.17) is 4.74 Å². The van der Waals surface area contributed by atoms with E-state index in [-0.39, 0.29) is 35.7 Å². The van der Waals surface area contributed by atoms with Gasteiger partial charge in [0.25, 0.3) is 0 Å². The number of carbonyl (C=O) groups is 2. The van der Waals surface area contributed by atoms with Crippen molar-refractivity contribution in [3.05, 3.63) is 59.7 Å². The molecule has 0 bridgehead atoms. The number of hydrogen-bond donors (Lipinski definition) is 1. The molecule has 7 heteroatoms. The second-order valence-electron chi connectivity index (χ2n) is 8.10. The highest BCUT2D eigenvalue weighted by Gasteiger charge is 2.26. The zero-order chi connectivity index (χ0) is 22.4. The molecule has 0 heterocycles. The van der Waals surface area contributed by atoms with E-state index < -0.39 is 17.0 Å². The topological polar surface area (TPSA) is 112 Å². The highest BCUT2D eigenvalue weighted by Crippen LogP contribution is 2.23. The molecule has 0 fully saturated rings. The molecular formula is C23H25N3O4. The third kappa shape index (κ3) is 6.52. The summed E-state index contributed by atoms with van der Waals surface area (Å²) in [7, 11) is 0. The van der Waals surface area contributed by atoms with Crippen molar-refractivity contribution < 1.29 is 19.4 Å². The van der Waals surface area contributed by atoms with E-state index in [1.165, 1.54) is 36.4 Å². The zero-order valence-corrected chi connectivity index (χ0v) is 17.5. The van der Waals surface area contributed by atoms with Crippen LogP contribution in [0.1, 0.15) is 56.5 Å². The normalized spacial score (nSPS) is 13.4. The number of ketones is 1. The lowest BCUT2D eigenvalue weighted by atomic mass is 9.99. The van der Waals surface area contributed by atoms with Crippen molar-refractivity contribution in [1.29, 1.82) is 5.26 Å². The number of para-hydroxylation sites is 1. The fourth-order valence-electron chi connectivity index (χ4n) is 2.41. The van der Waals surface area contributed by atoms with E-state index in [0.29, 0.717) is 5.56 Å². The molecule has 1 unspecified atom stereocenters. The number of esters is 1. The van der Waals surface area contributed by atoms with E-state index in [2.05, 4.69) is 16.3 Å². The Labute approximate surface area is 176 Å². The molecule has 0 aliphatic carbocycles. The third-order valence-corrected chi connectivity index (χ3v) is 4.12. The third-order valence-electron chi connectivity index (χ3n) is 4.12. The summed E-state index contributed by atoms with van der Waals surface area (Å²) in [6.07, 6.45) is 0.164. The lowest BCUT2D eigenvalue weighted by Crippen LogP contribution is -2.23. The maximum atomic E-state index is 12.5. The van der Waals surface area contributed by atoms with Crippen molar-refractivity contribution in [2.75, 3.05) is 0 Å². The van der Waals surface area contributed by atoms with Crippen molar-refractivity contribution in [3.8, 4) is 17.6 Å². The van der Waals surface area contributed by atoms with Crippen LogP contribution in [0.5, 0.6) is 11.5 Å². The molecule has 0 aliphatic heterocycles. The Morgan fingerprint density at radius 3 is 2.23 bits per heavy atom. The van der Waals surface area contributed by atoms with Crippen LogP contribution in [0.4, 0.5) is 0 Å². The van der Waals surface area contributed by atoms with Gasteiger partial charge in [-0.15, -0.1) is 0 Å². The molecule has 1 N–H and O–H groups in total. The van der Waals surface area contributed by atoms with E-state index in [9.17, 15) is 20.0 Å². The Balaban J connectivity index is 1.98. The maximum Gasteiger partial charge on any atom is 0.311 e. The Morgan fingerprint density at radius 2 is 1.67 bits per heavy atom. The molecule has 0 radical (unpaired) electrons. The first-order chi connectivity index (χ1) is 14.0. The average molecular weight is 407 g/mol. The van der Waals surface area contributed by atoms with Gasteiger partial charge in [-0.1, -0.05) is 12.1 Å². The SMILES string of the molecule is CC(C)(C)N=NC(C)(C#N)CCC(=O)Oc1ccc(C(=O)c2ccccc2O)cc1. The van der Waals surface area contributed by atoms with Crippen molar-refractivity contribution in [1.82, 2.24) is 0 Å². The molecule has 0 saturated carbocycles. The minimum absolute atomic E-state index is 0.00814. The number of rotatable bonds is 7. The van der Waals surface area contributed by atoms with Crippen molar-refractivity contribution in [2.24, 2.45) is 10.2 Å². The number of phenols is 1. The van der Waals surface area contributed by atoms with E-state index in [0.717, 1.165) is 0 Å². The van der Waals surface area contributed by atoms with Crippen LogP contribution in [0.15, 0.2) is 58.8 Å². The second kappa shape index (κ2) is 9.31. The van der Waals surface area contributed by atoms with Gasteiger partial charge in [0.05, 0.1) is 17.2 Å². The minimum atomic E-state index is -1.11. The molecule has 0 saturated heterocycles. The number of phenolic OH excluding ortho intramolecular Hbond substituents is 1. The van der Waals surface area contributed by atoms with Gasteiger partial charge in [-0.05, 0) is 70.5 Å². The van der Waals surface area contributed by atoms with E-state index in [1.54, 1.807) is 19.1 Å². The van der Waals surface area contributed by atoms with Gasteiger partial charge in [-0.2, -0.15) is 15.5 Å². The standard InChI is InChI=1S/C23H25N3O4/c1-22(2,3)25-26-23(4,15-24)14-13-20(28)30-17-11-9-16(10-12-17)21(29)18-7-5-6-8-19(18)27/h5-12,27H,13-14H2,1-4H3. The lowest BCUT2D eigenvalue weighted by molar-refractivity contribution is -0.134. The highest BCUT2D eigenvalue weighted by molar-refractivity contribution is 6.10. The smallest absolute Gasteiger partial charge is 0.311 e. The summed E-state index contributed by atoms with van der Waals surface area (Å²) in [5.74, 6) is -0.659. The fraction of sp³-hybridized carbons (Fsp3) is 0.348. The van der Waals surface area contributed by atoms with Crippen LogP contribution < -0.4 is 4.74 Å². The van der Waals surface area contributed by atoms with E-state index >= 15 is 0 Å². The Hall–Kier alpha value is -3.53. The quantitative estimate of drug-likeness (QED) is 0.305. The van der Waals surface area contributed by atoms with Gasteiger partial charge in [-0.25, -0.2) is 0 Å². The monoisotopic (exact) mass is 407 g/mol. The number of aromatic hydroxyl groups is 1. The molecule has 0 aliphatic rings. The predicted octanol–water partition coefficient (Wildman–Crippen LogP) is 4.84. The maximum absolute atomic E-state index is 12.5. The summed E-state index contributed by atoms with van der Waals surface area (Å²) >= 11 is 0.